The number of unbranched alkanes of at least 4 members (excludes halogenated alkanes) is 1. The van der Waals surface area contributed by atoms with Crippen molar-refractivity contribution in [2.24, 2.45) is 11.8 Å². The van der Waals surface area contributed by atoms with Crippen LogP contribution in [0.2, 0.25) is 0 Å². The minimum Gasteiger partial charge on any atom is -0.353 e. The van der Waals surface area contributed by atoms with Gasteiger partial charge in [0.05, 0.1) is 0 Å². The fourth-order valence-corrected chi connectivity index (χ4v) is 4.19. The molecule has 4 atom stereocenters. The molecule has 2 aliphatic carbocycles. The van der Waals surface area contributed by atoms with Gasteiger partial charge in [0.25, 0.3) is 0 Å². The van der Waals surface area contributed by atoms with Crippen molar-refractivity contribution in [3.63, 3.8) is 0 Å². The van der Waals surface area contributed by atoms with Crippen LogP contribution in [0.3, 0.4) is 0 Å². The highest BCUT2D eigenvalue weighted by Gasteiger charge is 2.23. The van der Waals surface area contributed by atoms with Crippen molar-refractivity contribution >= 4 is 11.8 Å². The van der Waals surface area contributed by atoms with Crippen molar-refractivity contribution < 1.29 is 9.59 Å². The lowest BCUT2D eigenvalue weighted by atomic mass is 9.86. The lowest BCUT2D eigenvalue weighted by molar-refractivity contribution is -0.124. The van der Waals surface area contributed by atoms with Crippen LogP contribution in [0.1, 0.15) is 90.9 Å². The summed E-state index contributed by atoms with van der Waals surface area (Å²) in [6.07, 6.45) is 12.5. The Morgan fingerprint density at radius 1 is 0.708 bits per heavy atom. The second-order valence-electron chi connectivity index (χ2n) is 8.08. The highest BCUT2D eigenvalue weighted by Crippen LogP contribution is 2.24. The molecule has 2 amide bonds. The van der Waals surface area contributed by atoms with Gasteiger partial charge in [-0.2, -0.15) is 0 Å². The van der Waals surface area contributed by atoms with E-state index >= 15 is 0 Å². The van der Waals surface area contributed by atoms with Crippen molar-refractivity contribution in [2.45, 2.75) is 103 Å². The van der Waals surface area contributed by atoms with Gasteiger partial charge >= 0.3 is 0 Å². The average molecular weight is 337 g/mol. The summed E-state index contributed by atoms with van der Waals surface area (Å²) < 4.78 is 0. The molecule has 0 saturated heterocycles. The number of carbonyl (C=O) groups is 2. The Kier molecular flexibility index (Phi) is 8.07. The Balaban J connectivity index is 1.55. The molecule has 138 valence electrons. The maximum absolute atomic E-state index is 12.0. The zero-order chi connectivity index (χ0) is 17.4. The fraction of sp³-hybridized carbons (Fsp3) is 0.900. The van der Waals surface area contributed by atoms with Crippen LogP contribution in [0.15, 0.2) is 0 Å². The van der Waals surface area contributed by atoms with Crippen molar-refractivity contribution in [3.05, 3.63) is 0 Å². The Labute approximate surface area is 147 Å². The van der Waals surface area contributed by atoms with Gasteiger partial charge in [0.15, 0.2) is 0 Å². The first kappa shape index (κ1) is 19.3. The van der Waals surface area contributed by atoms with Gasteiger partial charge in [-0.15, -0.1) is 0 Å². The van der Waals surface area contributed by atoms with Crippen molar-refractivity contribution in [1.82, 2.24) is 10.6 Å². The maximum atomic E-state index is 12.0. The van der Waals surface area contributed by atoms with E-state index in [0.29, 0.717) is 36.8 Å². The molecule has 0 aromatic heterocycles. The van der Waals surface area contributed by atoms with E-state index < -0.39 is 0 Å². The third kappa shape index (κ3) is 6.45. The molecule has 4 nitrogen and oxygen atoms in total. The highest BCUT2D eigenvalue weighted by atomic mass is 16.2. The van der Waals surface area contributed by atoms with E-state index in [4.69, 9.17) is 0 Å². The lowest BCUT2D eigenvalue weighted by Gasteiger charge is -2.29. The molecule has 0 bridgehead atoms. The molecule has 0 spiro atoms. The first-order chi connectivity index (χ1) is 11.6. The number of hydrogen-bond donors (Lipinski definition) is 2. The van der Waals surface area contributed by atoms with E-state index in [-0.39, 0.29) is 11.8 Å². The highest BCUT2D eigenvalue weighted by molar-refractivity contribution is 5.77. The van der Waals surface area contributed by atoms with Crippen LogP contribution >= 0.6 is 0 Å². The molecule has 2 fully saturated rings. The second kappa shape index (κ2) is 10.0. The van der Waals surface area contributed by atoms with Crippen molar-refractivity contribution in [3.8, 4) is 0 Å². The van der Waals surface area contributed by atoms with Gasteiger partial charge in [-0.25, -0.2) is 0 Å². The first-order valence-corrected chi connectivity index (χ1v) is 10.1. The first-order valence-electron chi connectivity index (χ1n) is 10.1. The van der Waals surface area contributed by atoms with E-state index in [1.54, 1.807) is 0 Å². The van der Waals surface area contributed by atoms with Crippen LogP contribution in [0.4, 0.5) is 0 Å². The summed E-state index contributed by atoms with van der Waals surface area (Å²) in [5.74, 6) is 1.53. The van der Waals surface area contributed by atoms with Crippen LogP contribution in [0, 0.1) is 11.8 Å². The molecule has 0 unspecified atom stereocenters. The summed E-state index contributed by atoms with van der Waals surface area (Å²) in [5.41, 5.74) is 0. The minimum absolute atomic E-state index is 0.162. The second-order valence-corrected chi connectivity index (χ2v) is 8.08. The van der Waals surface area contributed by atoms with Crippen molar-refractivity contribution in [1.29, 1.82) is 0 Å². The lowest BCUT2D eigenvalue weighted by Crippen LogP contribution is -2.41. The third-order valence-electron chi connectivity index (χ3n) is 5.97. The predicted molar refractivity (Wildman–Crippen MR) is 97.6 cm³/mol. The molecule has 2 aliphatic rings. The summed E-state index contributed by atoms with van der Waals surface area (Å²) in [5, 5.41) is 6.38. The normalized spacial score (nSPS) is 30.6. The smallest absolute Gasteiger partial charge is 0.220 e. The zero-order valence-corrected chi connectivity index (χ0v) is 15.6. The van der Waals surface area contributed by atoms with Crippen LogP contribution in [-0.4, -0.2) is 23.9 Å². The monoisotopic (exact) mass is 336 g/mol. The fourth-order valence-electron chi connectivity index (χ4n) is 4.19. The summed E-state index contributed by atoms with van der Waals surface area (Å²) in [6, 6.07) is 0.727. The molecule has 0 heterocycles. The Morgan fingerprint density at radius 3 is 1.46 bits per heavy atom. The number of carbonyl (C=O) groups excluding carboxylic acids is 2. The molecular formula is C20H36N2O2. The van der Waals surface area contributed by atoms with Crippen LogP contribution in [0.5, 0.6) is 0 Å². The molecule has 0 aliphatic heterocycles. The van der Waals surface area contributed by atoms with Gasteiger partial charge in [-0.05, 0) is 50.4 Å². The number of nitrogens with one attached hydrogen (secondary N) is 2. The van der Waals surface area contributed by atoms with E-state index in [1.807, 2.05) is 0 Å². The molecule has 0 aromatic rings. The predicted octanol–water partition coefficient (Wildman–Crippen LogP) is 3.94. The molecule has 2 saturated carbocycles. The third-order valence-corrected chi connectivity index (χ3v) is 5.97. The topological polar surface area (TPSA) is 58.2 Å². The molecule has 0 aromatic carbocycles. The molecule has 2 rings (SSSR count). The van der Waals surface area contributed by atoms with E-state index in [1.165, 1.54) is 38.5 Å². The SMILES string of the molecule is C[C@@H]1CCCC[C@@H]1NC(=O)CCCCC(=O)N[C@H]1CCCC[C@@H]1C. The van der Waals surface area contributed by atoms with Gasteiger partial charge in [-0.1, -0.05) is 39.5 Å². The summed E-state index contributed by atoms with van der Waals surface area (Å²) in [6.45, 7) is 4.47. The molecule has 4 heteroatoms. The maximum Gasteiger partial charge on any atom is 0.220 e. The summed E-state index contributed by atoms with van der Waals surface area (Å²) in [4.78, 5) is 24.1. The molecular weight excluding hydrogens is 300 g/mol. The minimum atomic E-state index is 0.162. The molecule has 0 radical (unpaired) electrons. The molecule has 2 N–H and O–H groups in total. The van der Waals surface area contributed by atoms with Gasteiger partial charge in [0.2, 0.25) is 11.8 Å². The van der Waals surface area contributed by atoms with Crippen LogP contribution in [-0.2, 0) is 9.59 Å². The van der Waals surface area contributed by atoms with Gasteiger partial charge in [0, 0.05) is 24.9 Å². The largest absolute Gasteiger partial charge is 0.353 e. The van der Waals surface area contributed by atoms with Gasteiger partial charge in [-0.3, -0.25) is 9.59 Å². The van der Waals surface area contributed by atoms with Gasteiger partial charge < -0.3 is 10.6 Å². The summed E-state index contributed by atoms with van der Waals surface area (Å²) in [7, 11) is 0. The van der Waals surface area contributed by atoms with E-state index in [2.05, 4.69) is 24.5 Å². The van der Waals surface area contributed by atoms with Crippen LogP contribution < -0.4 is 10.6 Å². The molecule has 24 heavy (non-hydrogen) atoms. The number of rotatable bonds is 7. The van der Waals surface area contributed by atoms with E-state index in [0.717, 1.165) is 25.7 Å². The number of amides is 2. The van der Waals surface area contributed by atoms with Gasteiger partial charge in [0.1, 0.15) is 0 Å². The van der Waals surface area contributed by atoms with Crippen molar-refractivity contribution in [2.75, 3.05) is 0 Å². The Bertz CT molecular complexity index is 372. The Morgan fingerprint density at radius 2 is 1.08 bits per heavy atom. The standard InChI is InChI=1S/C20H36N2O2/c1-15-9-3-5-11-17(15)21-19(23)13-7-8-14-20(24)22-18-12-6-4-10-16(18)2/h15-18H,3-14H2,1-2H3,(H,21,23)(H,22,24)/t15-,16+,17-,18-/m0/s1. The van der Waals surface area contributed by atoms with Crippen LogP contribution in [0.25, 0.3) is 0 Å². The summed E-state index contributed by atoms with van der Waals surface area (Å²) >= 11 is 0. The quantitative estimate of drug-likeness (QED) is 0.692. The number of hydrogen-bond acceptors (Lipinski definition) is 2. The zero-order valence-electron chi connectivity index (χ0n) is 15.6. The van der Waals surface area contributed by atoms with E-state index in [9.17, 15) is 9.59 Å². The Hall–Kier alpha value is -1.06. The average Bonchev–Trinajstić information content (AvgIpc) is 2.56.